The highest BCUT2D eigenvalue weighted by molar-refractivity contribution is 7.71. The second-order valence-corrected chi connectivity index (χ2v) is 20.5. The molecule has 0 saturated heterocycles. The summed E-state index contributed by atoms with van der Waals surface area (Å²) in [5.41, 5.74) is 1.73. The fourth-order valence-corrected chi connectivity index (χ4v) is 9.56. The summed E-state index contributed by atoms with van der Waals surface area (Å²) in [6.45, 7) is 8.72. The molecule has 3 atom stereocenters. The third-order valence-electron chi connectivity index (χ3n) is 13.7. The first-order valence-electron chi connectivity index (χ1n) is 25.9. The second-order valence-electron chi connectivity index (χ2n) is 20.1. The van der Waals surface area contributed by atoms with E-state index in [9.17, 15) is 38.7 Å². The number of benzene rings is 1. The van der Waals surface area contributed by atoms with E-state index in [4.69, 9.17) is 36.1 Å². The lowest BCUT2D eigenvalue weighted by Gasteiger charge is -2.31. The van der Waals surface area contributed by atoms with Crippen LogP contribution in [0.5, 0.6) is 11.5 Å². The van der Waals surface area contributed by atoms with Gasteiger partial charge < -0.3 is 64.7 Å². The number of unbranched alkanes of at least 4 members (excludes halogenated alkanes) is 2. The molecule has 5 amide bonds. The van der Waals surface area contributed by atoms with E-state index in [0.717, 1.165) is 29.5 Å². The number of hydrogen-bond acceptors (Lipinski definition) is 16. The zero-order valence-electron chi connectivity index (χ0n) is 44.6. The van der Waals surface area contributed by atoms with Crippen LogP contribution in [0.4, 0.5) is 0 Å². The number of aromatic nitrogens is 4. The number of nitrogens with one attached hydrogen (secondary N) is 5. The summed E-state index contributed by atoms with van der Waals surface area (Å²) in [5, 5.41) is 22.9. The van der Waals surface area contributed by atoms with Crippen molar-refractivity contribution >= 4 is 58.6 Å². The Hall–Kier alpha value is -7.26. The Labute approximate surface area is 451 Å². The van der Waals surface area contributed by atoms with Crippen molar-refractivity contribution in [3.05, 3.63) is 73.5 Å². The summed E-state index contributed by atoms with van der Waals surface area (Å²) in [4.78, 5) is 109. The van der Waals surface area contributed by atoms with E-state index in [1.807, 2.05) is 38.9 Å². The summed E-state index contributed by atoms with van der Waals surface area (Å²) in [7, 11) is 3.87. The normalized spacial score (nSPS) is 15.7. The smallest absolute Gasteiger partial charge is 0.343 e. The SMILES string of the molecule is CC[C@@]1(O)C(=O)OCc2c1cc1n(c2=O)Cc2c-1nc1cc3c(cc1c2CCN(C(=O)COCNC(=O)CNC(=O)[C@H](CCCCN(C)C)NC(=O)[C@@H](NC(=O)CCCC#Cc1cnc(=S)[nH]c1)C(C)C)C(C)C)OCO3. The summed E-state index contributed by atoms with van der Waals surface area (Å²) < 4.78 is 24.2. The van der Waals surface area contributed by atoms with Gasteiger partial charge in [-0.25, -0.2) is 14.8 Å². The van der Waals surface area contributed by atoms with Crippen LogP contribution >= 0.6 is 12.2 Å². The van der Waals surface area contributed by atoms with Crippen LogP contribution in [-0.2, 0) is 63.4 Å². The predicted octanol–water partition coefficient (Wildman–Crippen LogP) is 2.83. The minimum Gasteiger partial charge on any atom is -0.458 e. The maximum Gasteiger partial charge on any atom is 0.343 e. The van der Waals surface area contributed by atoms with Crippen molar-refractivity contribution in [1.82, 2.24) is 50.6 Å². The fourth-order valence-electron chi connectivity index (χ4n) is 9.45. The minimum absolute atomic E-state index is 0.00159. The lowest BCUT2D eigenvalue weighted by molar-refractivity contribution is -0.172. The lowest BCUT2D eigenvalue weighted by atomic mass is 9.86. The van der Waals surface area contributed by atoms with Gasteiger partial charge in [-0.3, -0.25) is 28.8 Å². The van der Waals surface area contributed by atoms with Crippen LogP contribution in [0.15, 0.2) is 35.4 Å². The number of pyridine rings is 2. The molecular weight excluding hydrogens is 1010 g/mol. The van der Waals surface area contributed by atoms with Gasteiger partial charge in [0.05, 0.1) is 41.1 Å². The van der Waals surface area contributed by atoms with Crippen molar-refractivity contribution in [2.75, 3.05) is 53.9 Å². The van der Waals surface area contributed by atoms with Crippen LogP contribution in [0.25, 0.3) is 22.3 Å². The molecule has 4 aromatic rings. The number of esters is 1. The van der Waals surface area contributed by atoms with Crippen LogP contribution in [-0.4, -0.2) is 142 Å². The molecule has 77 heavy (non-hydrogen) atoms. The number of aliphatic hydroxyl groups is 1. The maximum absolute atomic E-state index is 14.0. The molecule has 1 aromatic carbocycles. The van der Waals surface area contributed by atoms with Crippen LogP contribution in [0, 0.1) is 22.5 Å². The molecule has 3 aliphatic heterocycles. The molecule has 3 aromatic heterocycles. The number of nitrogens with zero attached hydrogens (tertiary/aromatic N) is 5. The monoisotopic (exact) mass is 1080 g/mol. The van der Waals surface area contributed by atoms with E-state index in [0.29, 0.717) is 64.4 Å². The Kier molecular flexibility index (Phi) is 19.2. The first kappa shape index (κ1) is 57.4. The fraction of sp³-hybridized carbons (Fsp3) is 0.519. The average Bonchev–Trinajstić information content (AvgIpc) is 4.17. The molecule has 6 heterocycles. The van der Waals surface area contributed by atoms with Gasteiger partial charge in [0.2, 0.25) is 36.3 Å². The molecule has 0 bridgehead atoms. The number of fused-ring (bicyclic) bond motifs is 6. The van der Waals surface area contributed by atoms with E-state index in [2.05, 4.69) is 43.1 Å². The number of ether oxygens (including phenoxy) is 4. The van der Waals surface area contributed by atoms with Gasteiger partial charge >= 0.3 is 5.97 Å². The molecule has 0 radical (unpaired) electrons. The van der Waals surface area contributed by atoms with Gasteiger partial charge in [-0.2, -0.15) is 0 Å². The lowest BCUT2D eigenvalue weighted by Crippen LogP contribution is -2.56. The molecule has 22 nitrogen and oxygen atoms in total. The van der Waals surface area contributed by atoms with Gasteiger partial charge in [0, 0.05) is 60.4 Å². The Bertz CT molecular complexity index is 3070. The molecular formula is C54H68N10O12S. The van der Waals surface area contributed by atoms with E-state index in [1.165, 1.54) is 0 Å². The van der Waals surface area contributed by atoms with Crippen molar-refractivity contribution in [2.45, 2.75) is 123 Å². The highest BCUT2D eigenvalue weighted by Crippen LogP contribution is 2.43. The van der Waals surface area contributed by atoms with E-state index in [-0.39, 0.29) is 94.0 Å². The van der Waals surface area contributed by atoms with Gasteiger partial charge in [0.25, 0.3) is 5.56 Å². The highest BCUT2D eigenvalue weighted by Gasteiger charge is 2.45. The second kappa shape index (κ2) is 25.7. The predicted molar refractivity (Wildman–Crippen MR) is 284 cm³/mol. The quantitative estimate of drug-likeness (QED) is 0.0170. The van der Waals surface area contributed by atoms with Gasteiger partial charge in [0.1, 0.15) is 32.0 Å². The van der Waals surface area contributed by atoms with Crippen LogP contribution in [0.1, 0.15) is 107 Å². The Balaban J connectivity index is 0.931. The molecule has 0 saturated carbocycles. The molecule has 3 aliphatic rings. The number of carbonyl (C=O) groups is 6. The van der Waals surface area contributed by atoms with E-state index >= 15 is 0 Å². The highest BCUT2D eigenvalue weighted by atomic mass is 32.1. The van der Waals surface area contributed by atoms with E-state index < -0.39 is 53.5 Å². The number of rotatable bonds is 24. The molecule has 7 rings (SSSR count). The number of amides is 5. The number of carbonyl (C=O) groups excluding carboxylic acids is 6. The summed E-state index contributed by atoms with van der Waals surface area (Å²) >= 11 is 4.95. The molecule has 6 N–H and O–H groups in total. The zero-order valence-corrected chi connectivity index (χ0v) is 45.4. The van der Waals surface area contributed by atoms with Crippen molar-refractivity contribution < 1.29 is 52.8 Å². The van der Waals surface area contributed by atoms with Crippen molar-refractivity contribution in [3.63, 3.8) is 0 Å². The number of aromatic amines is 1. The third-order valence-corrected chi connectivity index (χ3v) is 13.9. The van der Waals surface area contributed by atoms with Crippen LogP contribution < -0.4 is 36.3 Å². The summed E-state index contributed by atoms with van der Waals surface area (Å²) in [5.74, 6) is 3.48. The molecule has 412 valence electrons. The largest absolute Gasteiger partial charge is 0.458 e. The van der Waals surface area contributed by atoms with Gasteiger partial charge in [-0.1, -0.05) is 32.6 Å². The Morgan fingerprint density at radius 3 is 2.43 bits per heavy atom. The third kappa shape index (κ3) is 13.8. The minimum atomic E-state index is -2.00. The molecule has 0 aliphatic carbocycles. The van der Waals surface area contributed by atoms with Gasteiger partial charge in [0.15, 0.2) is 21.9 Å². The first-order valence-corrected chi connectivity index (χ1v) is 26.3. The Morgan fingerprint density at radius 2 is 1.73 bits per heavy atom. The number of hydrogen-bond donors (Lipinski definition) is 6. The van der Waals surface area contributed by atoms with Crippen molar-refractivity contribution in [2.24, 2.45) is 5.92 Å². The zero-order chi connectivity index (χ0) is 55.6. The first-order chi connectivity index (χ1) is 36.8. The molecule has 23 heteroatoms. The van der Waals surface area contributed by atoms with Crippen LogP contribution in [0.3, 0.4) is 0 Å². The van der Waals surface area contributed by atoms with Gasteiger partial charge in [-0.15, -0.1) is 0 Å². The summed E-state index contributed by atoms with van der Waals surface area (Å²) in [6.07, 6.45) is 6.22. The standard InChI is InChI=1S/C54H68N10O12S/c1-8-54(72)38-21-41-48-36(26-64(41)51(70)37(38)27-74-52(54)71)34(35-20-42-43(76-30-75-42)22-40(35)59-48)17-19-63(32(4)5)46(67)28-73-29-58-45(66)25-55-49(68)39(15-12-13-18-62(6)7)60-50(69)47(31(2)3)61-44(65)16-11-9-10-14-33-23-56-53(77)57-24-33/h20-24,31-32,39,47,72H,8-9,11-13,15-19,25-30H2,1-7H3,(H,55,68)(H,58,66)(H,60,69)(H,61,65)(H,56,57,77)/t39-,47-,54-/m0/s1. The molecule has 0 unspecified atom stereocenters. The molecule has 0 fully saturated rings. The van der Waals surface area contributed by atoms with Gasteiger partial charge in [-0.05, 0) is 109 Å². The number of H-pyrrole nitrogens is 1. The topological polar surface area (TPSA) is 278 Å². The van der Waals surface area contributed by atoms with Crippen LogP contribution in [0.2, 0.25) is 0 Å². The van der Waals surface area contributed by atoms with E-state index in [1.54, 1.807) is 54.8 Å². The average molecular weight is 1080 g/mol. The maximum atomic E-state index is 14.0. The Morgan fingerprint density at radius 1 is 0.961 bits per heavy atom. The van der Waals surface area contributed by atoms with Crippen molar-refractivity contribution in [3.8, 4) is 34.7 Å². The number of cyclic esters (lactones) is 1. The summed E-state index contributed by atoms with van der Waals surface area (Å²) in [6, 6.07) is 3.07. The van der Waals surface area contributed by atoms with Crippen molar-refractivity contribution in [1.29, 1.82) is 0 Å². The molecule has 0 spiro atoms.